The Balaban J connectivity index is 2.16. The van der Waals surface area contributed by atoms with Crippen molar-refractivity contribution in [2.75, 3.05) is 18.1 Å². The van der Waals surface area contributed by atoms with Crippen molar-refractivity contribution in [1.82, 2.24) is 0 Å². The summed E-state index contributed by atoms with van der Waals surface area (Å²) >= 11 is 0. The third-order valence-corrected chi connectivity index (χ3v) is 5.22. The number of nitrogen functional groups attached to an aromatic ring is 1. The number of hydrogen-bond acceptors (Lipinski definition) is 4. The smallest absolute Gasteiger partial charge is 0.398 e. The van der Waals surface area contributed by atoms with E-state index in [0.29, 0.717) is 19.1 Å². The first-order chi connectivity index (χ1) is 9.70. The molecule has 0 aliphatic carbocycles. The monoisotopic (exact) mass is 323 g/mol. The number of sulfone groups is 1. The zero-order chi connectivity index (χ0) is 15.7. The molecule has 2 rings (SSSR count). The van der Waals surface area contributed by atoms with E-state index < -0.39 is 21.6 Å². The van der Waals surface area contributed by atoms with Crippen molar-refractivity contribution in [3.63, 3.8) is 0 Å². The van der Waals surface area contributed by atoms with E-state index in [-0.39, 0.29) is 22.4 Å². The van der Waals surface area contributed by atoms with E-state index in [9.17, 15) is 21.6 Å². The molecule has 8 heteroatoms. The highest BCUT2D eigenvalue weighted by Crippen LogP contribution is 2.33. The molecule has 1 unspecified atom stereocenters. The molecule has 1 atom stereocenters. The van der Waals surface area contributed by atoms with Crippen LogP contribution in [-0.4, -0.2) is 26.9 Å². The van der Waals surface area contributed by atoms with Crippen molar-refractivity contribution in [3.05, 3.63) is 23.8 Å². The summed E-state index contributed by atoms with van der Waals surface area (Å²) in [5.74, 6) is -0.187. The van der Waals surface area contributed by atoms with Gasteiger partial charge < -0.3 is 10.5 Å². The van der Waals surface area contributed by atoms with E-state index in [1.165, 1.54) is 0 Å². The maximum absolute atomic E-state index is 12.5. The summed E-state index contributed by atoms with van der Waals surface area (Å²) in [6, 6.07) is 2.30. The van der Waals surface area contributed by atoms with Crippen LogP contribution < -0.4 is 5.73 Å². The van der Waals surface area contributed by atoms with Gasteiger partial charge in [-0.1, -0.05) is 0 Å². The molecule has 4 nitrogen and oxygen atoms in total. The SMILES string of the molecule is Nc1cc(C(F)(F)F)ccc1S(=O)(=O)CCC1CCCO1. The summed E-state index contributed by atoms with van der Waals surface area (Å²) in [5, 5.41) is 0. The Kier molecular flexibility index (Phi) is 4.48. The number of rotatable bonds is 4. The molecule has 1 heterocycles. The van der Waals surface area contributed by atoms with Crippen LogP contribution in [0.3, 0.4) is 0 Å². The Bertz CT molecular complexity index is 608. The van der Waals surface area contributed by atoms with Gasteiger partial charge in [-0.05, 0) is 37.5 Å². The summed E-state index contributed by atoms with van der Waals surface area (Å²) in [6.07, 6.45) is -2.63. The normalized spacial score (nSPS) is 19.9. The molecule has 2 N–H and O–H groups in total. The second kappa shape index (κ2) is 5.84. The fraction of sp³-hybridized carbons (Fsp3) is 0.538. The van der Waals surface area contributed by atoms with E-state index in [1.54, 1.807) is 0 Å². The molecule has 1 aromatic carbocycles. The lowest BCUT2D eigenvalue weighted by Gasteiger charge is -2.13. The first-order valence-electron chi connectivity index (χ1n) is 6.51. The molecule has 1 aliphatic heterocycles. The summed E-state index contributed by atoms with van der Waals surface area (Å²) in [5.41, 5.74) is 4.14. The van der Waals surface area contributed by atoms with Crippen LogP contribution in [0.1, 0.15) is 24.8 Å². The van der Waals surface area contributed by atoms with Crippen molar-refractivity contribution in [2.45, 2.75) is 36.4 Å². The topological polar surface area (TPSA) is 69.4 Å². The zero-order valence-corrected chi connectivity index (χ0v) is 12.0. The lowest BCUT2D eigenvalue weighted by Crippen LogP contribution is -2.16. The third-order valence-electron chi connectivity index (χ3n) is 3.40. The second-order valence-corrected chi connectivity index (χ2v) is 7.07. The molecule has 1 fully saturated rings. The maximum Gasteiger partial charge on any atom is 0.416 e. The van der Waals surface area contributed by atoms with E-state index >= 15 is 0 Å². The summed E-state index contributed by atoms with van der Waals surface area (Å²) in [7, 11) is -3.71. The van der Waals surface area contributed by atoms with Gasteiger partial charge in [0.1, 0.15) is 0 Å². The Morgan fingerprint density at radius 2 is 2.05 bits per heavy atom. The quantitative estimate of drug-likeness (QED) is 0.865. The Morgan fingerprint density at radius 3 is 2.57 bits per heavy atom. The highest BCUT2D eigenvalue weighted by atomic mass is 32.2. The van der Waals surface area contributed by atoms with Gasteiger partial charge >= 0.3 is 6.18 Å². The molecule has 1 aliphatic rings. The van der Waals surface area contributed by atoms with Gasteiger partial charge in [0.2, 0.25) is 0 Å². The van der Waals surface area contributed by atoms with Crippen molar-refractivity contribution in [1.29, 1.82) is 0 Å². The van der Waals surface area contributed by atoms with E-state index in [2.05, 4.69) is 0 Å². The Hall–Kier alpha value is -1.28. The minimum atomic E-state index is -4.55. The van der Waals surface area contributed by atoms with Gasteiger partial charge in [0.15, 0.2) is 9.84 Å². The van der Waals surface area contributed by atoms with Gasteiger partial charge in [-0.2, -0.15) is 13.2 Å². The number of halogens is 3. The minimum Gasteiger partial charge on any atom is -0.398 e. The minimum absolute atomic E-state index is 0.101. The van der Waals surface area contributed by atoms with Crippen LogP contribution in [0.25, 0.3) is 0 Å². The number of benzene rings is 1. The van der Waals surface area contributed by atoms with Gasteiger partial charge in [-0.15, -0.1) is 0 Å². The Morgan fingerprint density at radius 1 is 1.33 bits per heavy atom. The fourth-order valence-electron chi connectivity index (χ4n) is 2.28. The third kappa shape index (κ3) is 3.88. The molecule has 118 valence electrons. The van der Waals surface area contributed by atoms with Crippen molar-refractivity contribution >= 4 is 15.5 Å². The van der Waals surface area contributed by atoms with Gasteiger partial charge in [0, 0.05) is 6.61 Å². The largest absolute Gasteiger partial charge is 0.416 e. The van der Waals surface area contributed by atoms with Crippen molar-refractivity contribution < 1.29 is 26.3 Å². The molecule has 0 saturated carbocycles. The number of nitrogens with two attached hydrogens (primary N) is 1. The van der Waals surface area contributed by atoms with Crippen LogP contribution in [0.5, 0.6) is 0 Å². The van der Waals surface area contributed by atoms with Crippen LogP contribution in [0.15, 0.2) is 23.1 Å². The van der Waals surface area contributed by atoms with Crippen molar-refractivity contribution in [2.24, 2.45) is 0 Å². The molecule has 1 aromatic rings. The van der Waals surface area contributed by atoms with Crippen LogP contribution in [0.4, 0.5) is 18.9 Å². The average Bonchev–Trinajstić information content (AvgIpc) is 2.88. The summed E-state index contributed by atoms with van der Waals surface area (Å²) < 4.78 is 67.2. The van der Waals surface area contributed by atoms with E-state index in [1.807, 2.05) is 0 Å². The van der Waals surface area contributed by atoms with Crippen LogP contribution in [-0.2, 0) is 20.8 Å². The van der Waals surface area contributed by atoms with Gasteiger partial charge in [0.25, 0.3) is 0 Å². The summed E-state index contributed by atoms with van der Waals surface area (Å²) in [4.78, 5) is -0.256. The second-order valence-electron chi connectivity index (χ2n) is 4.99. The van der Waals surface area contributed by atoms with Crippen molar-refractivity contribution in [3.8, 4) is 0 Å². The predicted molar refractivity (Wildman–Crippen MR) is 71.5 cm³/mol. The number of ether oxygens (including phenoxy) is 1. The van der Waals surface area contributed by atoms with Crippen LogP contribution in [0, 0.1) is 0 Å². The molecular formula is C13H16F3NO3S. The standard InChI is InChI=1S/C13H16F3NO3S/c14-13(15,16)9-3-4-12(11(17)8-9)21(18,19)7-5-10-2-1-6-20-10/h3-4,8,10H,1-2,5-7,17H2. The highest BCUT2D eigenvalue weighted by Gasteiger charge is 2.32. The lowest BCUT2D eigenvalue weighted by atomic mass is 10.2. The number of anilines is 1. The van der Waals surface area contributed by atoms with E-state index in [4.69, 9.17) is 10.5 Å². The molecule has 0 amide bonds. The first kappa shape index (κ1) is 16.1. The summed E-state index contributed by atoms with van der Waals surface area (Å²) in [6.45, 7) is 0.618. The molecular weight excluding hydrogens is 307 g/mol. The van der Waals surface area contributed by atoms with Crippen LogP contribution >= 0.6 is 0 Å². The van der Waals surface area contributed by atoms with Gasteiger partial charge in [-0.25, -0.2) is 8.42 Å². The molecule has 0 aromatic heterocycles. The average molecular weight is 323 g/mol. The molecule has 0 spiro atoms. The first-order valence-corrected chi connectivity index (χ1v) is 8.16. The molecule has 21 heavy (non-hydrogen) atoms. The number of alkyl halides is 3. The maximum atomic E-state index is 12.5. The Labute approximate surface area is 121 Å². The van der Waals surface area contributed by atoms with Crippen LogP contribution in [0.2, 0.25) is 0 Å². The molecule has 0 radical (unpaired) electrons. The molecule has 0 bridgehead atoms. The lowest BCUT2D eigenvalue weighted by molar-refractivity contribution is -0.137. The fourth-order valence-corrected chi connectivity index (χ4v) is 3.76. The molecule has 1 saturated heterocycles. The number of hydrogen-bond donors (Lipinski definition) is 1. The predicted octanol–water partition coefficient (Wildman–Crippen LogP) is 2.63. The van der Waals surface area contributed by atoms with E-state index in [0.717, 1.165) is 25.0 Å². The highest BCUT2D eigenvalue weighted by molar-refractivity contribution is 7.91. The van der Waals surface area contributed by atoms with Gasteiger partial charge in [-0.3, -0.25) is 0 Å². The zero-order valence-electron chi connectivity index (χ0n) is 11.2. The van der Waals surface area contributed by atoms with Gasteiger partial charge in [0.05, 0.1) is 28.0 Å².